The number of imide groups is 2. The van der Waals surface area contributed by atoms with Gasteiger partial charge in [-0.1, -0.05) is 26.2 Å². The summed E-state index contributed by atoms with van der Waals surface area (Å²) in [6.07, 6.45) is 3.09. The lowest BCUT2D eigenvalue weighted by atomic mass is 9.71. The van der Waals surface area contributed by atoms with Crippen molar-refractivity contribution in [1.82, 2.24) is 10.6 Å². The van der Waals surface area contributed by atoms with E-state index in [-0.39, 0.29) is 18.2 Å². The molecule has 0 aromatic heterocycles. The SMILES string of the molecule is CCCCCC[C@]1(OC(=O)NC(=O)CCl)C[C@@H](OC(=O)NC(=O)CCl)CC[C@]12CO2. The Morgan fingerprint density at radius 2 is 1.67 bits per heavy atom. The summed E-state index contributed by atoms with van der Waals surface area (Å²) in [7, 11) is 0. The molecule has 0 unspecified atom stereocenters. The van der Waals surface area contributed by atoms with Crippen LogP contribution in [0.2, 0.25) is 0 Å². The van der Waals surface area contributed by atoms with E-state index in [9.17, 15) is 19.2 Å². The molecule has 3 atom stereocenters. The molecule has 1 saturated heterocycles. The van der Waals surface area contributed by atoms with E-state index >= 15 is 0 Å². The molecule has 1 saturated carbocycles. The lowest BCUT2D eigenvalue weighted by molar-refractivity contribution is -0.124. The molecule has 2 aliphatic rings. The molecule has 9 nitrogen and oxygen atoms in total. The summed E-state index contributed by atoms with van der Waals surface area (Å²) in [5.41, 5.74) is -1.72. The zero-order chi connectivity index (χ0) is 22.2. The number of hydrogen-bond acceptors (Lipinski definition) is 7. The molecule has 1 spiro atoms. The van der Waals surface area contributed by atoms with Crippen LogP contribution >= 0.6 is 23.2 Å². The molecule has 1 aliphatic heterocycles. The molecule has 2 N–H and O–H groups in total. The van der Waals surface area contributed by atoms with Crippen molar-refractivity contribution in [2.45, 2.75) is 75.6 Å². The third-order valence-electron chi connectivity index (χ3n) is 5.47. The average Bonchev–Trinajstić information content (AvgIpc) is 3.49. The first kappa shape index (κ1) is 24.7. The highest BCUT2D eigenvalue weighted by Crippen LogP contribution is 2.53. The number of ether oxygens (including phenoxy) is 3. The number of alkyl halides is 2. The fourth-order valence-corrected chi connectivity index (χ4v) is 4.04. The number of amides is 4. The summed E-state index contributed by atoms with van der Waals surface area (Å²) in [5, 5.41) is 4.12. The maximum absolute atomic E-state index is 12.4. The van der Waals surface area contributed by atoms with Crippen LogP contribution in [0.4, 0.5) is 9.59 Å². The van der Waals surface area contributed by atoms with Gasteiger partial charge in [0.05, 0.1) is 6.61 Å². The third kappa shape index (κ3) is 6.46. The van der Waals surface area contributed by atoms with Gasteiger partial charge >= 0.3 is 12.2 Å². The molecular formula is C19H28Cl2N2O7. The van der Waals surface area contributed by atoms with Crippen LogP contribution in [0.1, 0.15) is 58.3 Å². The predicted octanol–water partition coefficient (Wildman–Crippen LogP) is 3.00. The van der Waals surface area contributed by atoms with Crippen molar-refractivity contribution in [2.75, 3.05) is 18.4 Å². The Kier molecular flexibility index (Phi) is 9.18. The maximum atomic E-state index is 12.4. The molecule has 30 heavy (non-hydrogen) atoms. The van der Waals surface area contributed by atoms with E-state index in [2.05, 4.69) is 12.2 Å². The van der Waals surface area contributed by atoms with Crippen molar-refractivity contribution in [3.05, 3.63) is 0 Å². The Bertz CT molecular complexity index is 657. The van der Waals surface area contributed by atoms with Gasteiger partial charge < -0.3 is 14.2 Å². The molecule has 2 rings (SSSR count). The second kappa shape index (κ2) is 11.2. The number of alkyl carbamates (subject to hydrolysis) is 2. The van der Waals surface area contributed by atoms with Crippen molar-refractivity contribution >= 4 is 47.2 Å². The Balaban J connectivity index is 2.13. The second-order valence-electron chi connectivity index (χ2n) is 7.61. The van der Waals surface area contributed by atoms with E-state index < -0.39 is 41.3 Å². The Labute approximate surface area is 185 Å². The fourth-order valence-electron chi connectivity index (χ4n) is 3.90. The van der Waals surface area contributed by atoms with E-state index in [4.69, 9.17) is 37.4 Å². The van der Waals surface area contributed by atoms with Gasteiger partial charge in [-0.3, -0.25) is 20.2 Å². The Hall–Kier alpha value is -1.58. The standard InChI is InChI=1S/C19H28Cl2N2O7/c1-2-3-4-5-7-18(30-17(27)23-15(25)11-21)9-13(6-8-19(18)12-28-19)29-16(26)22-14(24)10-20/h13H,2-12H2,1H3,(H,22,24,26)(H,23,25,27)/t13-,18-,19-/m0/s1. The first-order chi connectivity index (χ1) is 14.3. The first-order valence-corrected chi connectivity index (χ1v) is 11.2. The van der Waals surface area contributed by atoms with Crippen LogP contribution in [-0.2, 0) is 23.8 Å². The van der Waals surface area contributed by atoms with Crippen LogP contribution in [0.25, 0.3) is 0 Å². The zero-order valence-corrected chi connectivity index (χ0v) is 18.5. The van der Waals surface area contributed by atoms with Crippen LogP contribution < -0.4 is 10.6 Å². The van der Waals surface area contributed by atoms with E-state index in [0.717, 1.165) is 25.7 Å². The fraction of sp³-hybridized carbons (Fsp3) is 0.789. The van der Waals surface area contributed by atoms with Gasteiger partial charge in [-0.05, 0) is 25.7 Å². The lowest BCUT2D eigenvalue weighted by Gasteiger charge is -2.44. The zero-order valence-electron chi connectivity index (χ0n) is 17.0. The number of nitrogens with one attached hydrogen (secondary N) is 2. The molecule has 0 aromatic carbocycles. The van der Waals surface area contributed by atoms with Crippen molar-refractivity contribution in [2.24, 2.45) is 0 Å². The Morgan fingerprint density at radius 1 is 1.03 bits per heavy atom. The van der Waals surface area contributed by atoms with Crippen LogP contribution in [0, 0.1) is 0 Å². The van der Waals surface area contributed by atoms with Crippen molar-refractivity contribution in [3.63, 3.8) is 0 Å². The topological polar surface area (TPSA) is 123 Å². The maximum Gasteiger partial charge on any atom is 0.414 e. The number of rotatable bonds is 9. The summed E-state index contributed by atoms with van der Waals surface area (Å²) in [6, 6.07) is 0. The van der Waals surface area contributed by atoms with E-state index in [1.807, 2.05) is 5.32 Å². The normalized spacial score (nSPS) is 27.2. The highest BCUT2D eigenvalue weighted by molar-refractivity contribution is 6.28. The monoisotopic (exact) mass is 466 g/mol. The molecule has 11 heteroatoms. The lowest BCUT2D eigenvalue weighted by Crippen LogP contribution is -2.57. The van der Waals surface area contributed by atoms with Gasteiger partial charge in [0, 0.05) is 6.42 Å². The highest BCUT2D eigenvalue weighted by Gasteiger charge is 2.66. The van der Waals surface area contributed by atoms with Crippen molar-refractivity contribution < 1.29 is 33.4 Å². The van der Waals surface area contributed by atoms with E-state index in [0.29, 0.717) is 25.9 Å². The summed E-state index contributed by atoms with van der Waals surface area (Å²) in [6.45, 7) is 2.51. The van der Waals surface area contributed by atoms with Gasteiger partial charge in [-0.15, -0.1) is 23.2 Å². The van der Waals surface area contributed by atoms with E-state index in [1.54, 1.807) is 0 Å². The molecule has 0 bridgehead atoms. The van der Waals surface area contributed by atoms with Crippen molar-refractivity contribution in [1.29, 1.82) is 0 Å². The van der Waals surface area contributed by atoms with Crippen molar-refractivity contribution in [3.8, 4) is 0 Å². The van der Waals surface area contributed by atoms with Gasteiger partial charge in [0.2, 0.25) is 11.8 Å². The number of carbonyl (C=O) groups is 4. The highest BCUT2D eigenvalue weighted by atomic mass is 35.5. The number of halogens is 2. The van der Waals surface area contributed by atoms with E-state index in [1.165, 1.54) is 0 Å². The van der Waals surface area contributed by atoms with Gasteiger partial charge in [0.1, 0.15) is 29.1 Å². The molecule has 1 heterocycles. The molecule has 2 fully saturated rings. The van der Waals surface area contributed by atoms with Gasteiger partial charge in [-0.25, -0.2) is 9.59 Å². The number of hydrogen-bond donors (Lipinski definition) is 2. The second-order valence-corrected chi connectivity index (χ2v) is 8.15. The minimum atomic E-state index is -1.06. The van der Waals surface area contributed by atoms with Crippen LogP contribution in [0.15, 0.2) is 0 Å². The summed E-state index contributed by atoms with van der Waals surface area (Å²) < 4.78 is 16.9. The summed E-state index contributed by atoms with van der Waals surface area (Å²) in [4.78, 5) is 47.1. The van der Waals surface area contributed by atoms with Gasteiger partial charge in [-0.2, -0.15) is 0 Å². The quantitative estimate of drug-likeness (QED) is 0.304. The minimum absolute atomic E-state index is 0.199. The summed E-state index contributed by atoms with van der Waals surface area (Å²) >= 11 is 10.8. The van der Waals surface area contributed by atoms with Gasteiger partial charge in [0.25, 0.3) is 0 Å². The molecular weight excluding hydrogens is 439 g/mol. The molecule has 0 aromatic rings. The first-order valence-electron chi connectivity index (χ1n) is 10.1. The number of epoxide rings is 1. The molecule has 1 aliphatic carbocycles. The largest absolute Gasteiger partial charge is 0.446 e. The number of unbranched alkanes of at least 4 members (excludes halogenated alkanes) is 3. The summed E-state index contributed by atoms with van der Waals surface area (Å²) in [5.74, 6) is -2.08. The molecule has 0 radical (unpaired) electrons. The molecule has 4 amide bonds. The minimum Gasteiger partial charge on any atom is -0.446 e. The Morgan fingerprint density at radius 3 is 2.23 bits per heavy atom. The average molecular weight is 467 g/mol. The van der Waals surface area contributed by atoms with Crippen LogP contribution in [0.5, 0.6) is 0 Å². The van der Waals surface area contributed by atoms with Gasteiger partial charge in [0.15, 0.2) is 0 Å². The molecule has 170 valence electrons. The number of carbonyl (C=O) groups excluding carboxylic acids is 4. The van der Waals surface area contributed by atoms with Crippen LogP contribution in [-0.4, -0.2) is 59.7 Å². The predicted molar refractivity (Wildman–Crippen MR) is 108 cm³/mol. The van der Waals surface area contributed by atoms with Crippen LogP contribution in [0.3, 0.4) is 0 Å². The third-order valence-corrected chi connectivity index (χ3v) is 5.96. The smallest absolute Gasteiger partial charge is 0.414 e.